The molecule has 10 heteroatoms. The maximum Gasteiger partial charge on any atom is 0.196 e. The molecule has 0 saturated heterocycles. The van der Waals surface area contributed by atoms with Crippen molar-refractivity contribution >= 4 is 109 Å². The predicted molar refractivity (Wildman–Crippen MR) is 279 cm³/mol. The van der Waals surface area contributed by atoms with Crippen molar-refractivity contribution in [3.05, 3.63) is 210 Å². The highest BCUT2D eigenvalue weighted by Crippen LogP contribution is 2.52. The Kier molecular flexibility index (Phi) is 10.5. The first-order valence-electron chi connectivity index (χ1n) is 20.8. The third-order valence-corrected chi connectivity index (χ3v) is 18.0. The molecule has 11 aromatic rings. The number of hydrogen-bond acceptors (Lipinski definition) is 8. The van der Waals surface area contributed by atoms with Crippen LogP contribution < -0.4 is 10.9 Å². The molecule has 0 radical (unpaired) electrons. The standard InChI is InChI=1S/C55H34Cl2O4S4/c1-28-48-35(41(30-15-7-3-8-16-30)52(62-48)32-19-11-5-12-20-32)26-37-46(58)44(54(60)64-50(28)37)43(34-23-24-39(56)40(57)25-34)45-47(59)38-27-36-42(31-17-9-4-10-18-31)53(33-21-13-6-14-22-33)63-49(36)29(2)51(38)65-55(45)61/h3-27,43,60-61H,1-2H3. The summed E-state index contributed by atoms with van der Waals surface area (Å²) in [5, 5.41) is 27.1. The van der Waals surface area contributed by atoms with Gasteiger partial charge in [-0.25, -0.2) is 0 Å². The molecule has 0 saturated carbocycles. The molecule has 11 rings (SSSR count). The third-order valence-electron chi connectivity index (χ3n) is 12.2. The molecule has 0 fully saturated rings. The van der Waals surface area contributed by atoms with Crippen LogP contribution in [0.2, 0.25) is 10.0 Å². The second-order valence-corrected chi connectivity index (χ2v) is 20.8. The lowest BCUT2D eigenvalue weighted by atomic mass is 9.85. The summed E-state index contributed by atoms with van der Waals surface area (Å²) >= 11 is 18.7. The fourth-order valence-electron chi connectivity index (χ4n) is 9.19. The highest BCUT2D eigenvalue weighted by Gasteiger charge is 2.33. The van der Waals surface area contributed by atoms with Crippen molar-refractivity contribution in [1.82, 2.24) is 0 Å². The molecule has 0 aliphatic heterocycles. The molecule has 4 nitrogen and oxygen atoms in total. The Labute approximate surface area is 399 Å². The van der Waals surface area contributed by atoms with Crippen LogP contribution in [0.4, 0.5) is 0 Å². The van der Waals surface area contributed by atoms with E-state index in [0.717, 1.165) is 97.1 Å². The number of aryl methyl sites for hydroxylation is 2. The van der Waals surface area contributed by atoms with Crippen molar-refractivity contribution in [2.24, 2.45) is 0 Å². The first-order valence-corrected chi connectivity index (χ1v) is 24.8. The van der Waals surface area contributed by atoms with Crippen molar-refractivity contribution < 1.29 is 10.2 Å². The van der Waals surface area contributed by atoms with Crippen molar-refractivity contribution in [3.8, 4) is 53.3 Å². The largest absolute Gasteiger partial charge is 0.499 e. The molecule has 0 unspecified atom stereocenters. The van der Waals surface area contributed by atoms with E-state index in [9.17, 15) is 10.2 Å². The zero-order valence-corrected chi connectivity index (χ0v) is 39.4. The third kappa shape index (κ3) is 6.82. The molecule has 316 valence electrons. The van der Waals surface area contributed by atoms with E-state index >= 15 is 9.59 Å². The normalized spacial score (nSPS) is 11.8. The molecule has 0 aliphatic rings. The van der Waals surface area contributed by atoms with Gasteiger partial charge in [-0.15, -0.1) is 22.7 Å². The minimum absolute atomic E-state index is 0.0250. The van der Waals surface area contributed by atoms with Gasteiger partial charge in [0.15, 0.2) is 21.0 Å². The van der Waals surface area contributed by atoms with E-state index in [1.807, 2.05) is 98.8 Å². The predicted octanol–water partition coefficient (Wildman–Crippen LogP) is 16.4. The van der Waals surface area contributed by atoms with E-state index in [1.54, 1.807) is 40.9 Å². The minimum atomic E-state index is -1.22. The maximum absolute atomic E-state index is 15.5. The van der Waals surface area contributed by atoms with E-state index in [2.05, 4.69) is 48.5 Å². The first-order chi connectivity index (χ1) is 31.6. The Bertz CT molecular complexity index is 3600. The molecule has 0 bridgehead atoms. The van der Waals surface area contributed by atoms with Crippen molar-refractivity contribution in [3.63, 3.8) is 0 Å². The molecule has 0 amide bonds. The number of halogens is 2. The summed E-state index contributed by atoms with van der Waals surface area (Å²) in [5.41, 5.74) is 7.39. The summed E-state index contributed by atoms with van der Waals surface area (Å²) in [6, 6.07) is 49.5. The maximum atomic E-state index is 15.5. The second kappa shape index (κ2) is 16.4. The molecular weight excluding hydrogens is 924 g/mol. The lowest BCUT2D eigenvalue weighted by Gasteiger charge is -2.21. The Hall–Kier alpha value is -6.10. The van der Waals surface area contributed by atoms with E-state index < -0.39 is 16.8 Å². The first kappa shape index (κ1) is 41.6. The van der Waals surface area contributed by atoms with Gasteiger partial charge in [-0.3, -0.25) is 9.59 Å². The van der Waals surface area contributed by atoms with Gasteiger partial charge in [-0.05, 0) is 77.1 Å². The molecule has 7 aromatic carbocycles. The van der Waals surface area contributed by atoms with Crippen LogP contribution in [0.5, 0.6) is 10.1 Å². The van der Waals surface area contributed by atoms with E-state index in [0.29, 0.717) is 25.7 Å². The molecule has 0 aliphatic carbocycles. The van der Waals surface area contributed by atoms with Gasteiger partial charge in [0, 0.05) is 61.2 Å². The number of benzene rings is 7. The van der Waals surface area contributed by atoms with Crippen molar-refractivity contribution in [2.75, 3.05) is 0 Å². The van der Waals surface area contributed by atoms with Gasteiger partial charge in [0.2, 0.25) is 0 Å². The van der Waals surface area contributed by atoms with Gasteiger partial charge in [-0.2, -0.15) is 0 Å². The molecule has 4 heterocycles. The molecular formula is C55H34Cl2O4S4. The smallest absolute Gasteiger partial charge is 0.196 e. The van der Waals surface area contributed by atoms with Crippen molar-refractivity contribution in [2.45, 2.75) is 19.8 Å². The molecule has 0 atom stereocenters. The SMILES string of the molecule is Cc1c2sc(-c3ccccc3)c(-c3ccccc3)c2cc2c(=O)c(C(c3ccc(Cl)c(Cl)c3)c3c(O)sc4c(C)c5sc(-c6ccccc6)c(-c6ccccc6)c5cc4c3=O)c(O)sc12. The zero-order chi connectivity index (χ0) is 44.7. The molecule has 4 aromatic heterocycles. The Morgan fingerprint density at radius 3 is 1.18 bits per heavy atom. The second-order valence-electron chi connectivity index (χ2n) is 16.0. The summed E-state index contributed by atoms with van der Waals surface area (Å²) in [7, 11) is 0. The zero-order valence-electron chi connectivity index (χ0n) is 34.6. The van der Waals surface area contributed by atoms with Gasteiger partial charge in [-0.1, -0.05) is 173 Å². The van der Waals surface area contributed by atoms with Gasteiger partial charge >= 0.3 is 0 Å². The highest BCUT2D eigenvalue weighted by atomic mass is 35.5. The Morgan fingerprint density at radius 2 is 0.800 bits per heavy atom. The summed E-state index contributed by atoms with van der Waals surface area (Å²) in [6.45, 7) is 3.98. The van der Waals surface area contributed by atoms with E-state index in [-0.39, 0.29) is 31.3 Å². The van der Waals surface area contributed by atoms with Gasteiger partial charge in [0.25, 0.3) is 0 Å². The topological polar surface area (TPSA) is 74.6 Å². The Balaban J connectivity index is 1.21. The number of thiophene rings is 2. The van der Waals surface area contributed by atoms with Crippen LogP contribution in [-0.2, 0) is 0 Å². The quantitative estimate of drug-likeness (QED) is 0.167. The van der Waals surface area contributed by atoms with Crippen LogP contribution in [0.1, 0.15) is 33.7 Å². The Morgan fingerprint density at radius 1 is 0.431 bits per heavy atom. The number of rotatable bonds is 7. The molecule has 65 heavy (non-hydrogen) atoms. The van der Waals surface area contributed by atoms with Gasteiger partial charge in [0.05, 0.1) is 27.1 Å². The number of fused-ring (bicyclic) bond motifs is 4. The fourth-order valence-corrected chi connectivity index (χ4v) is 14.3. The van der Waals surface area contributed by atoms with Crippen LogP contribution in [-0.4, -0.2) is 10.2 Å². The monoisotopic (exact) mass is 956 g/mol. The van der Waals surface area contributed by atoms with Crippen LogP contribution in [0.25, 0.3) is 83.5 Å². The lowest BCUT2D eigenvalue weighted by Crippen LogP contribution is -2.21. The number of aromatic hydroxyl groups is 2. The minimum Gasteiger partial charge on any atom is -0.499 e. The fraction of sp³-hybridized carbons (Fsp3) is 0.0545. The number of hydrogen-bond donors (Lipinski definition) is 2. The lowest BCUT2D eigenvalue weighted by molar-refractivity contribution is 0.473. The van der Waals surface area contributed by atoms with E-state index in [1.165, 1.54) is 0 Å². The van der Waals surface area contributed by atoms with Crippen molar-refractivity contribution in [1.29, 1.82) is 0 Å². The highest BCUT2D eigenvalue weighted by molar-refractivity contribution is 7.25. The molecule has 0 spiro atoms. The summed E-state index contributed by atoms with van der Waals surface area (Å²) in [6.07, 6.45) is 0. The summed E-state index contributed by atoms with van der Waals surface area (Å²) < 4.78 is 3.30. The van der Waals surface area contributed by atoms with Gasteiger partial charge in [0.1, 0.15) is 0 Å². The van der Waals surface area contributed by atoms with E-state index in [4.69, 9.17) is 23.2 Å². The van der Waals surface area contributed by atoms with Crippen LogP contribution in [0, 0.1) is 13.8 Å². The van der Waals surface area contributed by atoms with Crippen LogP contribution in [0.15, 0.2) is 161 Å². The van der Waals surface area contributed by atoms with Crippen LogP contribution >= 0.6 is 68.5 Å². The summed E-state index contributed by atoms with van der Waals surface area (Å²) in [5.74, 6) is -1.22. The average molecular weight is 958 g/mol. The van der Waals surface area contributed by atoms with Gasteiger partial charge < -0.3 is 10.2 Å². The summed E-state index contributed by atoms with van der Waals surface area (Å²) in [4.78, 5) is 33.1. The van der Waals surface area contributed by atoms with Crippen LogP contribution in [0.3, 0.4) is 0 Å². The average Bonchev–Trinajstić information content (AvgIpc) is 3.92. The molecule has 2 N–H and O–H groups in total.